The lowest BCUT2D eigenvalue weighted by molar-refractivity contribution is -0.119. The normalized spacial score (nSPS) is 11.0. The Morgan fingerprint density at radius 1 is 1.21 bits per heavy atom. The van der Waals surface area contributed by atoms with Gasteiger partial charge in [0.05, 0.1) is 0 Å². The maximum atomic E-state index is 12.3. The van der Waals surface area contributed by atoms with E-state index < -0.39 is 24.2 Å². The second kappa shape index (κ2) is 8.30. The smallest absolute Gasteiger partial charge is 0.378 e. The topological polar surface area (TPSA) is 98.5 Å². The second-order valence-corrected chi connectivity index (χ2v) is 6.78. The van der Waals surface area contributed by atoms with Crippen LogP contribution in [0.2, 0.25) is 0 Å². The molecule has 0 bridgehead atoms. The molecule has 3 rings (SSSR count). The number of nitrogens with zero attached hydrogens (tertiary/aromatic N) is 4. The molecule has 1 N–H and O–H groups in total. The van der Waals surface area contributed by atoms with Crippen LogP contribution in [0.5, 0.6) is 0 Å². The Kier molecular flexibility index (Phi) is 5.83. The third-order valence-corrected chi connectivity index (χ3v) is 4.22. The summed E-state index contributed by atoms with van der Waals surface area (Å²) in [6, 6.07) is 7.65. The Morgan fingerprint density at radius 3 is 2.61 bits per heavy atom. The highest BCUT2D eigenvalue weighted by atomic mass is 32.2. The molecule has 2 aromatic heterocycles. The molecule has 146 valence electrons. The minimum absolute atomic E-state index is 0.206. The Balaban J connectivity index is 1.57. The van der Waals surface area contributed by atoms with Crippen LogP contribution in [0.25, 0.3) is 5.78 Å². The van der Waals surface area contributed by atoms with Gasteiger partial charge in [-0.2, -0.15) is 13.8 Å². The molecule has 1 amide bonds. The van der Waals surface area contributed by atoms with Crippen LogP contribution in [-0.2, 0) is 9.53 Å². The molecule has 0 spiro atoms. The molecule has 0 aliphatic heterocycles. The fraction of sp³-hybridized carbons (Fsp3) is 0.235. The summed E-state index contributed by atoms with van der Waals surface area (Å²) in [6.45, 7) is 3.04. The Hall–Kier alpha value is -3.08. The molecule has 0 fully saturated rings. The number of rotatable bonds is 6. The Morgan fingerprint density at radius 2 is 1.93 bits per heavy atom. The van der Waals surface area contributed by atoms with Crippen LogP contribution in [0.15, 0.2) is 35.2 Å². The maximum Gasteiger partial charge on any atom is 0.378 e. The van der Waals surface area contributed by atoms with Crippen molar-refractivity contribution in [1.29, 1.82) is 0 Å². The van der Waals surface area contributed by atoms with Gasteiger partial charge in [0.25, 0.3) is 23.3 Å². The van der Waals surface area contributed by atoms with Crippen molar-refractivity contribution >= 4 is 35.1 Å². The number of carbonyl (C=O) groups excluding carboxylic acids is 2. The van der Waals surface area contributed by atoms with Crippen LogP contribution >= 0.6 is 11.8 Å². The first-order valence-electron chi connectivity index (χ1n) is 8.04. The van der Waals surface area contributed by atoms with Gasteiger partial charge in [0, 0.05) is 22.0 Å². The van der Waals surface area contributed by atoms with E-state index in [9.17, 15) is 18.4 Å². The number of hydrogen-bond acceptors (Lipinski definition) is 7. The second-order valence-electron chi connectivity index (χ2n) is 5.71. The van der Waals surface area contributed by atoms with Crippen molar-refractivity contribution in [2.24, 2.45) is 0 Å². The molecule has 11 heteroatoms. The quantitative estimate of drug-likeness (QED) is 0.496. The molecule has 28 heavy (non-hydrogen) atoms. The zero-order valence-corrected chi connectivity index (χ0v) is 15.7. The molecule has 0 saturated heterocycles. The van der Waals surface area contributed by atoms with Crippen molar-refractivity contribution in [2.45, 2.75) is 24.5 Å². The summed E-state index contributed by atoms with van der Waals surface area (Å²) in [7, 11) is 0. The molecule has 2 heterocycles. The van der Waals surface area contributed by atoms with Gasteiger partial charge < -0.3 is 10.1 Å². The van der Waals surface area contributed by atoms with Crippen LogP contribution in [0.3, 0.4) is 0 Å². The van der Waals surface area contributed by atoms with E-state index in [1.54, 1.807) is 19.9 Å². The van der Waals surface area contributed by atoms with Gasteiger partial charge in [-0.3, -0.25) is 4.79 Å². The van der Waals surface area contributed by atoms with Crippen molar-refractivity contribution in [3.8, 4) is 0 Å². The number of thioether (sulfide) groups is 1. The number of aromatic nitrogens is 4. The number of aryl methyl sites for hydroxylation is 2. The first-order chi connectivity index (χ1) is 13.3. The van der Waals surface area contributed by atoms with Gasteiger partial charge in [0.1, 0.15) is 0 Å². The highest BCUT2D eigenvalue weighted by Crippen LogP contribution is 2.26. The number of nitrogens with one attached hydrogen (secondary N) is 1. The standard InChI is InChI=1S/C17H15F2N5O3S/c1-9-7-10(2)24-17(20-9)22-14(23-24)15(26)27-8-13(25)21-11-3-5-12(6-4-11)28-16(18)19/h3-7,16H,8H2,1-2H3,(H,21,25). The molecular weight excluding hydrogens is 392 g/mol. The fourth-order valence-corrected chi connectivity index (χ4v) is 2.86. The molecule has 1 aromatic carbocycles. The predicted molar refractivity (Wildman–Crippen MR) is 97.5 cm³/mol. The van der Waals surface area contributed by atoms with Crippen LogP contribution in [-0.4, -0.2) is 43.8 Å². The maximum absolute atomic E-state index is 12.3. The lowest BCUT2D eigenvalue weighted by Crippen LogP contribution is -2.21. The summed E-state index contributed by atoms with van der Waals surface area (Å²) < 4.78 is 30.9. The molecule has 0 atom stereocenters. The summed E-state index contributed by atoms with van der Waals surface area (Å²) >= 11 is 0.405. The van der Waals surface area contributed by atoms with Gasteiger partial charge in [-0.15, -0.1) is 5.10 Å². The van der Waals surface area contributed by atoms with Crippen molar-refractivity contribution in [3.05, 3.63) is 47.5 Å². The van der Waals surface area contributed by atoms with Crippen LogP contribution < -0.4 is 5.32 Å². The summed E-state index contributed by atoms with van der Waals surface area (Å²) in [5, 5.41) is 6.52. The molecule has 0 unspecified atom stereocenters. The first kappa shape index (κ1) is 19.7. The number of hydrogen-bond donors (Lipinski definition) is 1. The van der Waals surface area contributed by atoms with Gasteiger partial charge in [0.2, 0.25) is 0 Å². The fourth-order valence-electron chi connectivity index (χ4n) is 2.37. The number of alkyl halides is 2. The van der Waals surface area contributed by atoms with Gasteiger partial charge in [-0.1, -0.05) is 11.8 Å². The van der Waals surface area contributed by atoms with E-state index in [4.69, 9.17) is 4.74 Å². The van der Waals surface area contributed by atoms with Crippen molar-refractivity contribution in [3.63, 3.8) is 0 Å². The highest BCUT2D eigenvalue weighted by Gasteiger charge is 2.18. The Bertz CT molecular complexity index is 1020. The van der Waals surface area contributed by atoms with E-state index in [0.717, 1.165) is 11.4 Å². The minimum Gasteiger partial charge on any atom is -0.450 e. The van der Waals surface area contributed by atoms with Crippen LogP contribution in [0, 0.1) is 13.8 Å². The summed E-state index contributed by atoms with van der Waals surface area (Å²) in [6.07, 6.45) is 0. The SMILES string of the molecule is Cc1cc(C)n2nc(C(=O)OCC(=O)Nc3ccc(SC(F)F)cc3)nc2n1. The highest BCUT2D eigenvalue weighted by molar-refractivity contribution is 7.99. The van der Waals surface area contributed by atoms with E-state index in [0.29, 0.717) is 22.3 Å². The average molecular weight is 407 g/mol. The Labute approximate surface area is 162 Å². The lowest BCUT2D eigenvalue weighted by atomic mass is 10.3. The third kappa shape index (κ3) is 4.80. The lowest BCUT2D eigenvalue weighted by Gasteiger charge is -2.06. The van der Waals surface area contributed by atoms with E-state index in [1.165, 1.54) is 28.8 Å². The zero-order valence-electron chi connectivity index (χ0n) is 14.8. The predicted octanol–water partition coefficient (Wildman–Crippen LogP) is 2.85. The monoisotopic (exact) mass is 407 g/mol. The molecule has 0 aliphatic carbocycles. The van der Waals surface area contributed by atoms with E-state index in [1.807, 2.05) is 0 Å². The van der Waals surface area contributed by atoms with Gasteiger partial charge in [-0.25, -0.2) is 14.3 Å². The largest absolute Gasteiger partial charge is 0.450 e. The number of carbonyl (C=O) groups is 2. The summed E-state index contributed by atoms with van der Waals surface area (Å²) in [5.41, 5.74) is 1.87. The van der Waals surface area contributed by atoms with Gasteiger partial charge in [0.15, 0.2) is 6.61 Å². The molecule has 3 aromatic rings. The van der Waals surface area contributed by atoms with Gasteiger partial charge in [-0.05, 0) is 44.2 Å². The number of ether oxygens (including phenoxy) is 1. The number of fused-ring (bicyclic) bond motifs is 1. The van der Waals surface area contributed by atoms with Crippen LogP contribution in [0.1, 0.15) is 22.0 Å². The number of halogens is 2. The number of esters is 1. The van der Waals surface area contributed by atoms with E-state index in [-0.39, 0.29) is 11.6 Å². The van der Waals surface area contributed by atoms with Gasteiger partial charge >= 0.3 is 5.97 Å². The zero-order chi connectivity index (χ0) is 20.3. The molecular formula is C17H15F2N5O3S. The number of anilines is 1. The number of amides is 1. The molecule has 0 aliphatic rings. The van der Waals surface area contributed by atoms with E-state index in [2.05, 4.69) is 20.4 Å². The summed E-state index contributed by atoms with van der Waals surface area (Å²) in [5.74, 6) is -3.91. The third-order valence-electron chi connectivity index (χ3n) is 3.50. The van der Waals surface area contributed by atoms with Crippen molar-refractivity contribution < 1.29 is 23.1 Å². The summed E-state index contributed by atoms with van der Waals surface area (Å²) in [4.78, 5) is 32.5. The van der Waals surface area contributed by atoms with E-state index >= 15 is 0 Å². The van der Waals surface area contributed by atoms with Crippen molar-refractivity contribution in [2.75, 3.05) is 11.9 Å². The van der Waals surface area contributed by atoms with Crippen LogP contribution in [0.4, 0.5) is 14.5 Å². The first-order valence-corrected chi connectivity index (χ1v) is 8.92. The molecule has 8 nitrogen and oxygen atoms in total. The minimum atomic E-state index is -2.52. The van der Waals surface area contributed by atoms with Crippen molar-refractivity contribution in [1.82, 2.24) is 19.6 Å². The molecule has 0 saturated carbocycles. The number of benzene rings is 1. The molecule has 0 radical (unpaired) electrons. The average Bonchev–Trinajstić information content (AvgIpc) is 3.05.